The molecule has 6 rings (SSSR count). The molecular weight excluding hydrogens is 623 g/mol. The van der Waals surface area contributed by atoms with Crippen molar-refractivity contribution in [3.05, 3.63) is 147 Å². The van der Waals surface area contributed by atoms with E-state index in [9.17, 15) is 0 Å². The second-order valence-corrected chi connectivity index (χ2v) is 9.33. The number of hydrogen-bond donors (Lipinski definition) is 0. The third-order valence-electron chi connectivity index (χ3n) is 6.50. The van der Waals surface area contributed by atoms with Crippen molar-refractivity contribution in [3.63, 3.8) is 0 Å². The Balaban J connectivity index is 0.000000657. The van der Waals surface area contributed by atoms with Crippen molar-refractivity contribution >= 4 is 53.2 Å². The Hall–Kier alpha value is -2.22. The molecule has 0 atom stereocenters. The topological polar surface area (TPSA) is 0 Å². The zero-order chi connectivity index (χ0) is 25.5. The second kappa shape index (κ2) is 18.3. The summed E-state index contributed by atoms with van der Waals surface area (Å²) in [6.45, 7) is 9.70. The van der Waals surface area contributed by atoms with Crippen LogP contribution in [0.2, 0.25) is 0 Å². The SMILES string of the molecule is CC(C)c1cc2c(-c3ccccc3)cccc2[cH-]1.Cc1cc2c(-c3ccccc3)cccc2[cH-]1.Cl.Cl.[CH3-].[CH3-].[Si]=[Zr]. The molecule has 0 fully saturated rings. The molecule has 2 radical (unpaired) electrons. The summed E-state index contributed by atoms with van der Waals surface area (Å²) in [5.74, 6) is 0.584. The monoisotopic (exact) mass is 658 g/mol. The average molecular weight is 661 g/mol. The zero-order valence-corrected chi connectivity index (χ0v) is 29.0. The third kappa shape index (κ3) is 8.89. The Bertz CT molecular complexity index is 1550. The molecule has 0 unspecified atom stereocenters. The van der Waals surface area contributed by atoms with Crippen molar-refractivity contribution < 1.29 is 23.3 Å². The van der Waals surface area contributed by atoms with Gasteiger partial charge in [0.15, 0.2) is 0 Å². The van der Waals surface area contributed by atoms with E-state index >= 15 is 0 Å². The van der Waals surface area contributed by atoms with Crippen molar-refractivity contribution in [3.8, 4) is 22.3 Å². The van der Waals surface area contributed by atoms with Gasteiger partial charge in [-0.3, -0.25) is 0 Å². The molecule has 0 spiro atoms. The number of aryl methyl sites for hydroxylation is 1. The number of hydrogen-bond acceptors (Lipinski definition) is 0. The predicted octanol–water partition coefficient (Wildman–Crippen LogP) is 11.2. The summed E-state index contributed by atoms with van der Waals surface area (Å²) >= 11 is 1.36. The van der Waals surface area contributed by atoms with Crippen LogP contribution < -0.4 is 0 Å². The van der Waals surface area contributed by atoms with Gasteiger partial charge < -0.3 is 14.9 Å². The summed E-state index contributed by atoms with van der Waals surface area (Å²) in [4.78, 5) is 0. The number of halogens is 2. The summed E-state index contributed by atoms with van der Waals surface area (Å²) in [7, 11) is 0. The first-order chi connectivity index (χ1) is 17.6. The van der Waals surface area contributed by atoms with Gasteiger partial charge in [0.1, 0.15) is 0 Å². The van der Waals surface area contributed by atoms with E-state index in [1.165, 1.54) is 78.3 Å². The molecule has 0 N–H and O–H groups in total. The van der Waals surface area contributed by atoms with E-state index in [-0.39, 0.29) is 39.7 Å². The summed E-state index contributed by atoms with van der Waals surface area (Å²) in [5.41, 5.74) is 8.00. The fourth-order valence-corrected chi connectivity index (χ4v) is 4.71. The first kappa shape index (κ1) is 37.8. The molecular formula is C36H38Cl2SiZr-4. The standard InChI is InChI=1S/C18H17.C16H13.2CH3.2ClH.Si.Zr/c1-13(2)16-11-15-9-6-10-17(18(15)12-16)14-7-4-3-5-8-14;1-12-10-14-8-5-9-15(16(14)11-12)13-6-3-2-4-7-13;;;;;;/h3-13H,1-2H3;2-11H,1H3;2*1H3;2*1H;;/q4*-1;;;;. The fourth-order valence-electron chi connectivity index (χ4n) is 4.71. The molecule has 4 heteroatoms. The second-order valence-electron chi connectivity index (χ2n) is 9.33. The van der Waals surface area contributed by atoms with Gasteiger partial charge in [-0.15, -0.1) is 93.9 Å². The van der Waals surface area contributed by atoms with Gasteiger partial charge >= 0.3 is 30.2 Å². The van der Waals surface area contributed by atoms with Gasteiger partial charge in [-0.2, -0.15) is 12.1 Å². The maximum atomic E-state index is 3.06. The Kier molecular flexibility index (Phi) is 17.2. The minimum atomic E-state index is 0. The molecule has 0 heterocycles. The van der Waals surface area contributed by atoms with Crippen LogP contribution in [-0.2, 0) is 23.3 Å². The van der Waals surface area contributed by atoms with Gasteiger partial charge in [0.25, 0.3) is 0 Å². The van der Waals surface area contributed by atoms with E-state index < -0.39 is 0 Å². The van der Waals surface area contributed by atoms with Gasteiger partial charge in [0.2, 0.25) is 0 Å². The summed E-state index contributed by atoms with van der Waals surface area (Å²) in [6, 6.07) is 43.4. The molecule has 6 aromatic carbocycles. The molecule has 0 saturated carbocycles. The van der Waals surface area contributed by atoms with E-state index in [2.05, 4.69) is 149 Å². The maximum absolute atomic E-state index is 3.06. The zero-order valence-electron chi connectivity index (χ0n) is 23.9. The van der Waals surface area contributed by atoms with Crippen LogP contribution in [0.5, 0.6) is 0 Å². The first-order valence-corrected chi connectivity index (χ1v) is 16.5. The quantitative estimate of drug-likeness (QED) is 0.131. The Morgan fingerprint density at radius 2 is 1.00 bits per heavy atom. The van der Waals surface area contributed by atoms with Gasteiger partial charge in [0.05, 0.1) is 0 Å². The molecule has 6 aromatic rings. The predicted molar refractivity (Wildman–Crippen MR) is 182 cm³/mol. The van der Waals surface area contributed by atoms with Crippen molar-refractivity contribution in [2.75, 3.05) is 0 Å². The van der Waals surface area contributed by atoms with Crippen LogP contribution in [0, 0.1) is 21.8 Å². The van der Waals surface area contributed by atoms with E-state index in [0.717, 1.165) is 0 Å². The van der Waals surface area contributed by atoms with Crippen molar-refractivity contribution in [1.29, 1.82) is 0 Å². The number of fused-ring (bicyclic) bond motifs is 2. The van der Waals surface area contributed by atoms with Crippen LogP contribution in [0.1, 0.15) is 30.9 Å². The van der Waals surface area contributed by atoms with Crippen LogP contribution in [0.3, 0.4) is 0 Å². The molecule has 0 bridgehead atoms. The summed E-state index contributed by atoms with van der Waals surface area (Å²) < 4.78 is 0. The summed E-state index contributed by atoms with van der Waals surface area (Å²) in [5, 5.41) is 5.40. The molecule has 208 valence electrons. The molecule has 0 saturated heterocycles. The Morgan fingerprint density at radius 1 is 0.575 bits per heavy atom. The third-order valence-corrected chi connectivity index (χ3v) is 6.50. The van der Waals surface area contributed by atoms with Crippen molar-refractivity contribution in [2.24, 2.45) is 0 Å². The molecule has 0 aliphatic heterocycles. The van der Waals surface area contributed by atoms with Crippen LogP contribution in [-0.4, -0.2) is 6.88 Å². The van der Waals surface area contributed by atoms with Gasteiger partial charge in [0, 0.05) is 0 Å². The van der Waals surface area contributed by atoms with E-state index in [1.54, 1.807) is 0 Å². The molecule has 40 heavy (non-hydrogen) atoms. The van der Waals surface area contributed by atoms with E-state index in [0.29, 0.717) is 5.92 Å². The Labute approximate surface area is 271 Å². The molecule has 0 amide bonds. The normalized spacial score (nSPS) is 9.47. The van der Waals surface area contributed by atoms with Crippen molar-refractivity contribution in [2.45, 2.75) is 26.7 Å². The minimum absolute atomic E-state index is 0. The van der Waals surface area contributed by atoms with Gasteiger partial charge in [-0.1, -0.05) is 105 Å². The van der Waals surface area contributed by atoms with Crippen LogP contribution in [0.4, 0.5) is 0 Å². The Morgan fingerprint density at radius 3 is 1.45 bits per heavy atom. The number of benzene rings is 4. The van der Waals surface area contributed by atoms with E-state index in [4.69, 9.17) is 0 Å². The average Bonchev–Trinajstić information content (AvgIpc) is 3.54. The molecule has 0 aromatic heterocycles. The van der Waals surface area contributed by atoms with Crippen LogP contribution in [0.15, 0.2) is 121 Å². The molecule has 0 aliphatic rings. The van der Waals surface area contributed by atoms with Gasteiger partial charge in [-0.25, -0.2) is 0 Å². The first-order valence-electron chi connectivity index (χ1n) is 12.3. The van der Waals surface area contributed by atoms with Crippen molar-refractivity contribution in [1.82, 2.24) is 0 Å². The van der Waals surface area contributed by atoms with Gasteiger partial charge in [-0.05, 0) is 17.0 Å². The number of rotatable bonds is 3. The fraction of sp³-hybridized carbons (Fsp3) is 0.111. The molecule has 0 aliphatic carbocycles. The van der Waals surface area contributed by atoms with E-state index in [1.807, 2.05) is 0 Å². The van der Waals surface area contributed by atoms with Crippen LogP contribution >= 0.6 is 24.8 Å². The molecule has 0 nitrogen and oxygen atoms in total. The van der Waals surface area contributed by atoms with Crippen LogP contribution in [0.25, 0.3) is 43.8 Å². The summed E-state index contributed by atoms with van der Waals surface area (Å²) in [6.07, 6.45) is 0.